The van der Waals surface area contributed by atoms with Gasteiger partial charge in [0.15, 0.2) is 0 Å². The molecule has 0 radical (unpaired) electrons. The van der Waals surface area contributed by atoms with Gasteiger partial charge < -0.3 is 0 Å². The number of carboxylic acid groups (broad SMARTS) is 1. The van der Waals surface area contributed by atoms with E-state index in [1.807, 2.05) is 0 Å². The molecule has 0 aromatic rings. The van der Waals surface area contributed by atoms with Crippen molar-refractivity contribution in [1.29, 1.82) is 0 Å². The molecule has 0 amide bonds. The van der Waals surface area contributed by atoms with Crippen LogP contribution in [0.4, 0.5) is 0 Å². The van der Waals surface area contributed by atoms with Crippen LogP contribution < -0.4 is 56.5 Å². The van der Waals surface area contributed by atoms with E-state index in [0.29, 0.717) is 0 Å². The monoisotopic (exact) mass is 336 g/mol. The van der Waals surface area contributed by atoms with Crippen molar-refractivity contribution in [3.8, 4) is 0 Å². The van der Waals surface area contributed by atoms with Gasteiger partial charge in [0.25, 0.3) is 0 Å². The van der Waals surface area contributed by atoms with Gasteiger partial charge in [-0.2, -0.15) is 0 Å². The van der Waals surface area contributed by atoms with Gasteiger partial charge in [-0.05, 0) is 0 Å². The Morgan fingerprint density at radius 3 is 2.00 bits per heavy atom. The van der Waals surface area contributed by atoms with Crippen molar-refractivity contribution in [1.82, 2.24) is 0 Å². The molecule has 0 unspecified atom stereocenters. The van der Waals surface area contributed by atoms with Crippen LogP contribution in [0.1, 0.15) is 0 Å². The van der Waals surface area contributed by atoms with Gasteiger partial charge in [0.05, 0.1) is 0 Å². The number of aliphatic carboxylic acids is 1. The van der Waals surface area contributed by atoms with E-state index in [1.165, 1.54) is 0 Å². The van der Waals surface area contributed by atoms with Crippen molar-refractivity contribution in [2.24, 2.45) is 0 Å². The van der Waals surface area contributed by atoms with E-state index in [2.05, 4.69) is 9.05 Å². The molecule has 1 rings (SSSR count). The maximum atomic E-state index is 10.3. The van der Waals surface area contributed by atoms with Crippen LogP contribution in [0, 0.1) is 0 Å². The first kappa shape index (κ1) is 14.3. The minimum Gasteiger partial charge on any atom is 1.00 e. The van der Waals surface area contributed by atoms with Crippen LogP contribution in [0.2, 0.25) is 0 Å². The van der Waals surface area contributed by atoms with Crippen molar-refractivity contribution in [2.75, 3.05) is 0 Å². The molecule has 70 valence electrons. The Bertz CT molecular complexity index is 284. The molecule has 0 bridgehead atoms. The zero-order chi connectivity index (χ0) is 10.0. The Hall–Kier alpha value is 0.335. The summed E-state index contributed by atoms with van der Waals surface area (Å²) in [6.07, 6.45) is 0. The normalized spacial score (nSPS) is 15.1. The summed E-state index contributed by atoms with van der Waals surface area (Å²) in [4.78, 5) is 40.8. The van der Waals surface area contributed by atoms with Crippen molar-refractivity contribution >= 4 is 45.3 Å². The van der Waals surface area contributed by atoms with Gasteiger partial charge in [0, 0.05) is 0 Å². The molecule has 0 aliphatic carbocycles. The van der Waals surface area contributed by atoms with Crippen LogP contribution >= 0.6 is 0 Å². The summed E-state index contributed by atoms with van der Waals surface area (Å²) in [5, 5.41) is 9.81. The predicted octanol–water partition coefficient (Wildman–Crippen LogP) is -6.63. The van der Waals surface area contributed by atoms with E-state index in [0.717, 1.165) is 0 Å². The Kier molecular flexibility index (Phi) is 6.18. The van der Waals surface area contributed by atoms with E-state index >= 15 is 0 Å². The summed E-state index contributed by atoms with van der Waals surface area (Å²) in [5.74, 6) is -6.38. The molecule has 8 nitrogen and oxygen atoms in total. The first-order chi connectivity index (χ1) is 6.00. The molecule has 1 saturated heterocycles. The Balaban J connectivity index is 0.00000169. The average molecular weight is 337 g/mol. The van der Waals surface area contributed by atoms with E-state index in [4.69, 9.17) is 0 Å². The van der Waals surface area contributed by atoms with E-state index in [9.17, 15) is 24.3 Å². The van der Waals surface area contributed by atoms with Crippen LogP contribution in [-0.2, 0) is 28.2 Å². The zero-order valence-electron chi connectivity index (χ0n) is 6.71. The third-order valence-electron chi connectivity index (χ3n) is 0.806. The molecule has 10 heteroatoms. The van der Waals surface area contributed by atoms with Gasteiger partial charge in [0.1, 0.15) is 0 Å². The number of hydrogen-bond acceptors (Lipinski definition) is 8. The molecule has 0 aromatic carbocycles. The molecule has 0 N–H and O–H groups in total. The third-order valence-corrected chi connectivity index (χ3v) is 3.50. The topological polar surface area (TPSA) is 119 Å². The van der Waals surface area contributed by atoms with Crippen LogP contribution in [0.25, 0.3) is 0 Å². The van der Waals surface area contributed by atoms with Crippen molar-refractivity contribution in [3.05, 3.63) is 0 Å². The standard InChI is InChI=1S/2C2H2O4.K.Sb/c2*3-1(4)2(5)6;;/h2*(H,3,4)(H,5,6);;/q;;+1;+3/p-4. The predicted molar refractivity (Wildman–Crippen MR) is 29.0 cm³/mol. The van der Waals surface area contributed by atoms with Crippen LogP contribution in [0.3, 0.4) is 0 Å². The van der Waals surface area contributed by atoms with E-state index in [1.54, 1.807) is 0 Å². The van der Waals surface area contributed by atoms with Crippen LogP contribution in [-0.4, -0.2) is 45.3 Å². The quantitative estimate of drug-likeness (QED) is 0.342. The van der Waals surface area contributed by atoms with Crippen molar-refractivity contribution < 1.29 is 84.7 Å². The molecular weight excluding hydrogens is 337 g/mol. The minimum absolute atomic E-state index is 0. The van der Waals surface area contributed by atoms with E-state index < -0.39 is 45.3 Å². The molecule has 14 heavy (non-hydrogen) atoms. The summed E-state index contributed by atoms with van der Waals surface area (Å²) in [6, 6.07) is 0. The average Bonchev–Trinajstić information content (AvgIpc) is 2.31. The fourth-order valence-electron chi connectivity index (χ4n) is 0.371. The number of rotatable bonds is 1. The second-order valence-corrected chi connectivity index (χ2v) is 4.49. The second-order valence-electron chi connectivity index (χ2n) is 1.65. The fourth-order valence-corrected chi connectivity index (χ4v) is 2.49. The molecule has 1 fully saturated rings. The maximum absolute atomic E-state index is 10.3. The van der Waals surface area contributed by atoms with Gasteiger partial charge in [0.2, 0.25) is 0 Å². The Morgan fingerprint density at radius 2 is 1.64 bits per heavy atom. The summed E-state index contributed by atoms with van der Waals surface area (Å²) in [6.45, 7) is 0. The summed E-state index contributed by atoms with van der Waals surface area (Å²) >= 11 is -3.71. The SMILES string of the molecule is O=C([O-])C(=O)[O][Sb]1[O]C(=O)C(=O)[O]1.[K+]. The van der Waals surface area contributed by atoms with Gasteiger partial charge in [-0.25, -0.2) is 0 Å². The zero-order valence-corrected chi connectivity index (χ0v) is 12.4. The smallest absolute Gasteiger partial charge is 1.00 e. The van der Waals surface area contributed by atoms with Gasteiger partial charge in [-0.3, -0.25) is 0 Å². The molecule has 1 heterocycles. The van der Waals surface area contributed by atoms with Gasteiger partial charge in [-0.1, -0.05) is 0 Å². The Morgan fingerprint density at radius 1 is 1.21 bits per heavy atom. The second kappa shape index (κ2) is 6.04. The number of carboxylic acids is 1. The summed E-state index contributed by atoms with van der Waals surface area (Å²) < 4.78 is 12.3. The first-order valence-corrected chi connectivity index (χ1v) is 5.81. The summed E-state index contributed by atoms with van der Waals surface area (Å²) in [5.41, 5.74) is 0. The fraction of sp³-hybridized carbons (Fsp3) is 0. The third kappa shape index (κ3) is 3.83. The summed E-state index contributed by atoms with van der Waals surface area (Å²) in [7, 11) is 0. The molecule has 0 atom stereocenters. The van der Waals surface area contributed by atoms with Gasteiger partial charge in [-0.15, -0.1) is 0 Å². The molecular formula is C4KO8Sb. The molecule has 0 aromatic heterocycles. The van der Waals surface area contributed by atoms with Gasteiger partial charge >= 0.3 is 130 Å². The largest absolute Gasteiger partial charge is 1.00 e. The van der Waals surface area contributed by atoms with Crippen molar-refractivity contribution in [3.63, 3.8) is 0 Å². The first-order valence-electron chi connectivity index (χ1n) is 2.68. The minimum atomic E-state index is -3.71. The number of carbonyl (C=O) groups excluding carboxylic acids is 4. The van der Waals surface area contributed by atoms with E-state index in [-0.39, 0.29) is 51.4 Å². The van der Waals surface area contributed by atoms with Crippen LogP contribution in [0.15, 0.2) is 0 Å². The maximum Gasteiger partial charge on any atom is 1.00 e. The molecule has 0 saturated carbocycles. The van der Waals surface area contributed by atoms with Crippen molar-refractivity contribution in [2.45, 2.75) is 0 Å². The molecule has 1 aliphatic rings. The number of carbonyl (C=O) groups is 4. The number of hydrogen-bond donors (Lipinski definition) is 0. The molecule has 0 spiro atoms. The Labute approximate surface area is 128 Å². The van der Waals surface area contributed by atoms with Crippen LogP contribution in [0.5, 0.6) is 0 Å². The molecule has 1 aliphatic heterocycles.